The molecule has 3 unspecified atom stereocenters. The fourth-order valence-corrected chi connectivity index (χ4v) is 7.96. The summed E-state index contributed by atoms with van der Waals surface area (Å²) >= 11 is 0. The number of methoxy groups -OCH3 is 3. The SMILES string of the molecule is COC(=O)C1=CC=C2c3cc4[nH]c(cc5nc(cc6[nH]c(cc(n3)C2(C)C1C(=O)OC)c(C(C)OC)c6C)C(C)=C5CCC(=O)O)c(CCC(=O)O)c4C. The molecule has 5 heterocycles. The quantitative estimate of drug-likeness (QED) is 0.162. The number of hydrogen-bond acceptors (Lipinski definition) is 9. The van der Waals surface area contributed by atoms with Crippen LogP contribution in [0.3, 0.4) is 0 Å². The van der Waals surface area contributed by atoms with Crippen LogP contribution >= 0.6 is 0 Å². The standard InChI is InChI=1S/C41H44N4O9/c1-19-23(10-13-35(46)47)30-17-31-24(11-14-36(48)49)20(2)28(43-31)16-32-26-12-9-25(39(50)53-7)38(40(51)54-8)41(26,5)34(45-32)18-33-37(22(4)52-6)21(3)29(44-33)15-27(19)42-30/h9,12,15-18,22,38,43-44H,10-11,13-14H2,1-8H3,(H,46,47)(H,48,49). The number of esters is 2. The average molecular weight is 737 g/mol. The van der Waals surface area contributed by atoms with Gasteiger partial charge >= 0.3 is 23.9 Å². The van der Waals surface area contributed by atoms with Gasteiger partial charge in [-0.05, 0) is 105 Å². The smallest absolute Gasteiger partial charge is 0.334 e. The highest BCUT2D eigenvalue weighted by atomic mass is 16.5. The Balaban J connectivity index is 1.80. The minimum Gasteiger partial charge on any atom is -0.481 e. The molecule has 0 spiro atoms. The van der Waals surface area contributed by atoms with Crippen molar-refractivity contribution in [3.05, 3.63) is 87.0 Å². The molecule has 54 heavy (non-hydrogen) atoms. The minimum atomic E-state index is -1.19. The van der Waals surface area contributed by atoms with Crippen molar-refractivity contribution in [1.82, 2.24) is 19.9 Å². The number of carbonyl (C=O) groups is 4. The molecule has 2 aliphatic heterocycles. The van der Waals surface area contributed by atoms with Gasteiger partial charge in [0.15, 0.2) is 0 Å². The molecule has 3 aromatic rings. The zero-order chi connectivity index (χ0) is 39.2. The van der Waals surface area contributed by atoms with Crippen LogP contribution in [0.1, 0.15) is 91.2 Å². The Kier molecular flexibility index (Phi) is 10.2. The highest BCUT2D eigenvalue weighted by molar-refractivity contribution is 6.02. The Morgan fingerprint density at radius 2 is 1.43 bits per heavy atom. The van der Waals surface area contributed by atoms with E-state index in [-0.39, 0.29) is 37.4 Å². The highest BCUT2D eigenvalue weighted by Crippen LogP contribution is 2.52. The van der Waals surface area contributed by atoms with Crippen LogP contribution in [-0.2, 0) is 45.2 Å². The van der Waals surface area contributed by atoms with Gasteiger partial charge in [0.25, 0.3) is 0 Å². The van der Waals surface area contributed by atoms with Crippen molar-refractivity contribution in [1.29, 1.82) is 0 Å². The maximum absolute atomic E-state index is 13.7. The van der Waals surface area contributed by atoms with Crippen LogP contribution in [0.4, 0.5) is 0 Å². The number of aromatic nitrogens is 4. The lowest BCUT2D eigenvalue weighted by molar-refractivity contribution is -0.149. The molecule has 0 saturated heterocycles. The lowest BCUT2D eigenvalue weighted by Crippen LogP contribution is -2.42. The highest BCUT2D eigenvalue weighted by Gasteiger charge is 2.53. The Morgan fingerprint density at radius 1 is 0.796 bits per heavy atom. The predicted octanol–water partition coefficient (Wildman–Crippen LogP) is 6.70. The van der Waals surface area contributed by atoms with Crippen molar-refractivity contribution in [3.63, 3.8) is 0 Å². The first-order valence-corrected chi connectivity index (χ1v) is 17.6. The minimum absolute atomic E-state index is 0.0946. The molecular formula is C41H44N4O9. The van der Waals surface area contributed by atoms with E-state index < -0.39 is 35.2 Å². The monoisotopic (exact) mass is 736 g/mol. The molecule has 1 aliphatic carbocycles. The van der Waals surface area contributed by atoms with Crippen molar-refractivity contribution in [2.45, 2.75) is 71.8 Å². The number of ether oxygens (including phenoxy) is 3. The van der Waals surface area contributed by atoms with Crippen LogP contribution in [0.25, 0.3) is 38.8 Å². The Hall–Kier alpha value is -5.82. The van der Waals surface area contributed by atoms with Crippen molar-refractivity contribution in [2.75, 3.05) is 21.3 Å². The van der Waals surface area contributed by atoms with Gasteiger partial charge in [-0.2, -0.15) is 0 Å². The summed E-state index contributed by atoms with van der Waals surface area (Å²) < 4.78 is 16.3. The molecule has 3 aromatic heterocycles. The van der Waals surface area contributed by atoms with E-state index in [0.717, 1.165) is 38.9 Å². The summed E-state index contributed by atoms with van der Waals surface area (Å²) in [5.41, 5.74) is 9.43. The molecule has 6 rings (SSSR count). The van der Waals surface area contributed by atoms with Gasteiger partial charge in [-0.3, -0.25) is 19.4 Å². The van der Waals surface area contributed by atoms with Crippen molar-refractivity contribution < 1.29 is 43.6 Å². The zero-order valence-corrected chi connectivity index (χ0v) is 31.6. The summed E-state index contributed by atoms with van der Waals surface area (Å²) in [5, 5.41) is 19.3. The summed E-state index contributed by atoms with van der Waals surface area (Å²) in [6.07, 6.45) is 3.24. The van der Waals surface area contributed by atoms with Crippen LogP contribution in [-0.4, -0.2) is 75.4 Å². The van der Waals surface area contributed by atoms with Gasteiger partial charge in [0, 0.05) is 47.6 Å². The molecule has 0 saturated carbocycles. The van der Waals surface area contributed by atoms with E-state index in [4.69, 9.17) is 24.2 Å². The number of allylic oxidation sites excluding steroid dienone is 5. The number of carboxylic acids is 2. The number of hydrogen-bond donors (Lipinski definition) is 4. The van der Waals surface area contributed by atoms with Gasteiger partial charge in [-0.25, -0.2) is 9.78 Å². The van der Waals surface area contributed by atoms with E-state index in [2.05, 4.69) is 9.97 Å². The second-order valence-corrected chi connectivity index (χ2v) is 14.0. The average Bonchev–Trinajstić information content (AvgIpc) is 3.79. The number of fused-ring (bicyclic) bond motifs is 11. The van der Waals surface area contributed by atoms with E-state index in [1.165, 1.54) is 14.2 Å². The molecule has 282 valence electrons. The number of H-pyrrole nitrogens is 2. The second-order valence-electron chi connectivity index (χ2n) is 14.0. The van der Waals surface area contributed by atoms with Crippen molar-refractivity contribution >= 4 is 62.7 Å². The second kappa shape index (κ2) is 14.5. The summed E-state index contributed by atoms with van der Waals surface area (Å²) in [4.78, 5) is 67.6. The number of carboxylic acid groups (broad SMARTS) is 2. The first-order valence-electron chi connectivity index (χ1n) is 17.6. The molecule has 13 nitrogen and oxygen atoms in total. The predicted molar refractivity (Wildman–Crippen MR) is 202 cm³/mol. The number of nitrogens with one attached hydrogen (secondary N) is 2. The molecule has 13 heteroatoms. The van der Waals surface area contributed by atoms with Crippen LogP contribution in [0, 0.1) is 19.8 Å². The largest absolute Gasteiger partial charge is 0.481 e. The summed E-state index contributed by atoms with van der Waals surface area (Å²) in [7, 11) is 4.16. The van der Waals surface area contributed by atoms with Gasteiger partial charge in [0.2, 0.25) is 0 Å². The first kappa shape index (κ1) is 37.9. The number of nitrogens with zero attached hydrogens (tertiary/aromatic N) is 2. The van der Waals surface area contributed by atoms with Crippen LogP contribution < -0.4 is 0 Å². The zero-order valence-electron chi connectivity index (χ0n) is 31.6. The third-order valence-electron chi connectivity index (χ3n) is 11.1. The number of aryl methyl sites for hydroxylation is 3. The molecule has 3 aliphatic rings. The van der Waals surface area contributed by atoms with Gasteiger partial charge in [0.1, 0.15) is 5.92 Å². The fraction of sp³-hybridized carbons (Fsp3) is 0.366. The molecule has 0 amide bonds. The molecule has 4 N–H and O–H groups in total. The van der Waals surface area contributed by atoms with E-state index in [1.807, 2.05) is 58.9 Å². The number of carbonyl (C=O) groups excluding carboxylic acids is 2. The molecule has 0 aromatic carbocycles. The van der Waals surface area contributed by atoms with Crippen molar-refractivity contribution in [2.24, 2.45) is 5.92 Å². The van der Waals surface area contributed by atoms with Gasteiger partial charge in [0.05, 0.1) is 54.1 Å². The normalized spacial score (nSPS) is 18.4. The summed E-state index contributed by atoms with van der Waals surface area (Å²) in [5.74, 6) is -4.29. The van der Waals surface area contributed by atoms with Crippen LogP contribution in [0.2, 0.25) is 0 Å². The lowest BCUT2D eigenvalue weighted by atomic mass is 9.64. The van der Waals surface area contributed by atoms with Crippen LogP contribution in [0.5, 0.6) is 0 Å². The molecule has 0 fully saturated rings. The third-order valence-corrected chi connectivity index (χ3v) is 11.1. The van der Waals surface area contributed by atoms with Gasteiger partial charge in [-0.15, -0.1) is 0 Å². The van der Waals surface area contributed by atoms with E-state index in [1.54, 1.807) is 19.3 Å². The lowest BCUT2D eigenvalue weighted by Gasteiger charge is -2.36. The number of aliphatic carboxylic acids is 2. The molecular weight excluding hydrogens is 692 g/mol. The maximum atomic E-state index is 13.7. The number of rotatable bonds is 10. The summed E-state index contributed by atoms with van der Waals surface area (Å²) in [6.45, 7) is 9.57. The maximum Gasteiger partial charge on any atom is 0.334 e. The van der Waals surface area contributed by atoms with E-state index >= 15 is 0 Å². The third kappa shape index (κ3) is 6.42. The molecule has 3 atom stereocenters. The van der Waals surface area contributed by atoms with E-state index in [0.29, 0.717) is 44.9 Å². The van der Waals surface area contributed by atoms with Gasteiger partial charge in [-0.1, -0.05) is 12.2 Å². The number of aromatic amines is 2. The Labute approximate surface area is 311 Å². The molecule has 0 radical (unpaired) electrons. The van der Waals surface area contributed by atoms with Crippen molar-refractivity contribution in [3.8, 4) is 0 Å². The Morgan fingerprint density at radius 3 is 2.07 bits per heavy atom. The first-order chi connectivity index (χ1) is 25.6. The summed E-state index contributed by atoms with van der Waals surface area (Å²) in [6, 6.07) is 7.50. The fourth-order valence-electron chi connectivity index (χ4n) is 7.96. The Bertz CT molecular complexity index is 2380. The topological polar surface area (TPSA) is 194 Å². The van der Waals surface area contributed by atoms with Crippen LogP contribution in [0.15, 0.2) is 42.0 Å². The van der Waals surface area contributed by atoms with E-state index in [9.17, 15) is 29.4 Å². The van der Waals surface area contributed by atoms with Gasteiger partial charge < -0.3 is 34.4 Å². The molecule has 8 bridgehead atoms.